The van der Waals surface area contributed by atoms with E-state index in [0.29, 0.717) is 47.2 Å². The van der Waals surface area contributed by atoms with Gasteiger partial charge in [0.15, 0.2) is 5.76 Å². The monoisotopic (exact) mass is 424 g/mol. The first-order chi connectivity index (χ1) is 14.8. The molecule has 160 valence electrons. The van der Waals surface area contributed by atoms with E-state index in [1.54, 1.807) is 43.0 Å². The number of carbonyl (C=O) groups is 1. The molecule has 0 atom stereocenters. The van der Waals surface area contributed by atoms with Gasteiger partial charge in [-0.1, -0.05) is 0 Å². The summed E-state index contributed by atoms with van der Waals surface area (Å²) in [5, 5.41) is 13.3. The van der Waals surface area contributed by atoms with Crippen LogP contribution in [0, 0.1) is 11.6 Å². The van der Waals surface area contributed by atoms with Crippen LogP contribution in [-0.4, -0.2) is 32.0 Å². The number of carbonyl (C=O) groups excluding carboxylic acids is 1. The van der Waals surface area contributed by atoms with Crippen molar-refractivity contribution in [2.24, 2.45) is 0 Å². The minimum atomic E-state index is -0.439. The Morgan fingerprint density at radius 1 is 1.00 bits per heavy atom. The van der Waals surface area contributed by atoms with E-state index in [-0.39, 0.29) is 23.9 Å². The fourth-order valence-electron chi connectivity index (χ4n) is 3.47. The highest BCUT2D eigenvalue weighted by atomic mass is 19.1. The molecule has 1 aliphatic heterocycles. The van der Waals surface area contributed by atoms with Crippen molar-refractivity contribution in [3.8, 4) is 11.3 Å². The molecule has 0 saturated heterocycles. The zero-order chi connectivity index (χ0) is 22.1. The van der Waals surface area contributed by atoms with Crippen LogP contribution >= 0.6 is 0 Å². The first-order valence-corrected chi connectivity index (χ1v) is 9.87. The molecule has 1 aliphatic rings. The van der Waals surface area contributed by atoms with Crippen molar-refractivity contribution < 1.29 is 18.7 Å². The molecule has 1 aromatic heterocycles. The summed E-state index contributed by atoms with van der Waals surface area (Å²) in [6.45, 7) is 4.41. The molecule has 2 aromatic carbocycles. The molecule has 6 nitrogen and oxygen atoms in total. The van der Waals surface area contributed by atoms with Crippen molar-refractivity contribution in [3.05, 3.63) is 77.3 Å². The highest BCUT2D eigenvalue weighted by Gasteiger charge is 2.28. The number of nitrogens with one attached hydrogen (secondary N) is 1. The maximum absolute atomic E-state index is 13.4. The van der Waals surface area contributed by atoms with E-state index in [2.05, 4.69) is 5.32 Å². The fourth-order valence-corrected chi connectivity index (χ4v) is 3.47. The van der Waals surface area contributed by atoms with Crippen LogP contribution in [-0.2, 0) is 17.9 Å². The van der Waals surface area contributed by atoms with Gasteiger partial charge in [0.2, 0.25) is 0 Å². The predicted molar refractivity (Wildman–Crippen MR) is 114 cm³/mol. The molecule has 0 bridgehead atoms. The van der Waals surface area contributed by atoms with E-state index >= 15 is 0 Å². The average Bonchev–Trinajstić information content (AvgIpc) is 3.12. The SMILES string of the molecule is CC(C)=C(O)C(=O)N1CCn2c(nc(-c3ccc(F)cc3)c2Nc2ccc(F)cc2)C1. The van der Waals surface area contributed by atoms with Crippen molar-refractivity contribution in [2.75, 3.05) is 11.9 Å². The van der Waals surface area contributed by atoms with E-state index in [1.165, 1.54) is 24.3 Å². The lowest BCUT2D eigenvalue weighted by Crippen LogP contribution is -2.39. The lowest BCUT2D eigenvalue weighted by atomic mass is 10.1. The van der Waals surface area contributed by atoms with Gasteiger partial charge in [-0.15, -0.1) is 0 Å². The number of amides is 1. The van der Waals surface area contributed by atoms with Crippen LogP contribution in [0.15, 0.2) is 59.9 Å². The van der Waals surface area contributed by atoms with Crippen LogP contribution in [0.3, 0.4) is 0 Å². The zero-order valence-corrected chi connectivity index (χ0v) is 17.2. The Kier molecular flexibility index (Phi) is 5.46. The summed E-state index contributed by atoms with van der Waals surface area (Å²) in [5.74, 6) is -0.0894. The van der Waals surface area contributed by atoms with Crippen molar-refractivity contribution >= 4 is 17.4 Å². The molecule has 8 heteroatoms. The molecule has 0 saturated carbocycles. The number of rotatable bonds is 4. The predicted octanol–water partition coefficient (Wildman–Crippen LogP) is 4.77. The molecular formula is C23H22F2N4O2. The summed E-state index contributed by atoms with van der Waals surface area (Å²) in [4.78, 5) is 18.8. The second-order valence-electron chi connectivity index (χ2n) is 7.59. The highest BCUT2D eigenvalue weighted by molar-refractivity contribution is 5.91. The van der Waals surface area contributed by atoms with Gasteiger partial charge in [0.25, 0.3) is 5.91 Å². The number of aromatic nitrogens is 2. The molecule has 1 amide bonds. The minimum absolute atomic E-state index is 0.218. The molecule has 3 aromatic rings. The van der Waals surface area contributed by atoms with Crippen LogP contribution in [0.4, 0.5) is 20.3 Å². The van der Waals surface area contributed by atoms with Crippen molar-refractivity contribution in [1.82, 2.24) is 14.5 Å². The van der Waals surface area contributed by atoms with Gasteiger partial charge in [0.1, 0.15) is 29.0 Å². The van der Waals surface area contributed by atoms with Gasteiger partial charge in [-0.05, 0) is 68.0 Å². The fraction of sp³-hybridized carbons (Fsp3) is 0.217. The third kappa shape index (κ3) is 4.14. The Bertz CT molecular complexity index is 1150. The topological polar surface area (TPSA) is 70.4 Å². The van der Waals surface area contributed by atoms with E-state index in [1.807, 2.05) is 4.57 Å². The largest absolute Gasteiger partial charge is 0.503 e. The molecule has 0 fully saturated rings. The van der Waals surface area contributed by atoms with Crippen LogP contribution < -0.4 is 5.32 Å². The Hall–Kier alpha value is -3.68. The van der Waals surface area contributed by atoms with Gasteiger partial charge in [-0.3, -0.25) is 4.79 Å². The lowest BCUT2D eigenvalue weighted by Gasteiger charge is -2.28. The van der Waals surface area contributed by atoms with Crippen LogP contribution in [0.2, 0.25) is 0 Å². The summed E-state index contributed by atoms with van der Waals surface area (Å²) >= 11 is 0. The Labute approximate surface area is 178 Å². The number of hydrogen-bond donors (Lipinski definition) is 2. The maximum Gasteiger partial charge on any atom is 0.289 e. The lowest BCUT2D eigenvalue weighted by molar-refractivity contribution is -0.131. The molecule has 0 unspecified atom stereocenters. The Morgan fingerprint density at radius 3 is 2.23 bits per heavy atom. The van der Waals surface area contributed by atoms with Gasteiger partial charge in [0.05, 0.1) is 6.54 Å². The number of halogens is 2. The van der Waals surface area contributed by atoms with Crippen molar-refractivity contribution in [1.29, 1.82) is 0 Å². The van der Waals surface area contributed by atoms with E-state index in [9.17, 15) is 18.7 Å². The first kappa shape index (κ1) is 20.6. The van der Waals surface area contributed by atoms with Crippen LogP contribution in [0.25, 0.3) is 11.3 Å². The summed E-state index contributed by atoms with van der Waals surface area (Å²) in [7, 11) is 0. The minimum Gasteiger partial charge on any atom is -0.503 e. The molecule has 0 aliphatic carbocycles. The number of benzene rings is 2. The van der Waals surface area contributed by atoms with E-state index in [4.69, 9.17) is 4.98 Å². The normalized spacial score (nSPS) is 13.0. The number of hydrogen-bond acceptors (Lipinski definition) is 4. The molecule has 0 spiro atoms. The third-order valence-electron chi connectivity index (χ3n) is 5.16. The Balaban J connectivity index is 1.73. The van der Waals surface area contributed by atoms with Crippen LogP contribution in [0.1, 0.15) is 19.7 Å². The molecule has 2 heterocycles. The number of aliphatic hydroxyl groups excluding tert-OH is 1. The van der Waals surface area contributed by atoms with E-state index in [0.717, 1.165) is 0 Å². The van der Waals surface area contributed by atoms with Gasteiger partial charge in [-0.25, -0.2) is 13.8 Å². The average molecular weight is 424 g/mol. The third-order valence-corrected chi connectivity index (χ3v) is 5.16. The number of nitrogens with zero attached hydrogens (tertiary/aromatic N) is 3. The summed E-state index contributed by atoms with van der Waals surface area (Å²) < 4.78 is 28.7. The second kappa shape index (κ2) is 8.22. The van der Waals surface area contributed by atoms with Gasteiger partial charge < -0.3 is 19.9 Å². The summed E-state index contributed by atoms with van der Waals surface area (Å²) in [6.07, 6.45) is 0. The second-order valence-corrected chi connectivity index (χ2v) is 7.59. The maximum atomic E-state index is 13.4. The molecular weight excluding hydrogens is 402 g/mol. The van der Waals surface area contributed by atoms with Crippen molar-refractivity contribution in [3.63, 3.8) is 0 Å². The van der Waals surface area contributed by atoms with Gasteiger partial charge >= 0.3 is 0 Å². The molecule has 31 heavy (non-hydrogen) atoms. The van der Waals surface area contributed by atoms with Gasteiger partial charge in [-0.2, -0.15) is 0 Å². The zero-order valence-electron chi connectivity index (χ0n) is 17.2. The van der Waals surface area contributed by atoms with Crippen LogP contribution in [0.5, 0.6) is 0 Å². The number of imidazole rings is 1. The van der Waals surface area contributed by atoms with E-state index < -0.39 is 5.91 Å². The number of aliphatic hydroxyl groups is 1. The molecule has 0 radical (unpaired) electrons. The molecule has 2 N–H and O–H groups in total. The summed E-state index contributed by atoms with van der Waals surface area (Å²) in [5.41, 5.74) is 2.52. The number of fused-ring (bicyclic) bond motifs is 1. The molecule has 4 rings (SSSR count). The smallest absolute Gasteiger partial charge is 0.289 e. The number of allylic oxidation sites excluding steroid dienone is 1. The van der Waals surface area contributed by atoms with Gasteiger partial charge in [0, 0.05) is 24.3 Å². The quantitative estimate of drug-likeness (QED) is 0.468. The van der Waals surface area contributed by atoms with Crippen molar-refractivity contribution in [2.45, 2.75) is 26.9 Å². The first-order valence-electron chi connectivity index (χ1n) is 9.87. The highest BCUT2D eigenvalue weighted by Crippen LogP contribution is 2.33. The number of anilines is 2. The standard InChI is InChI=1S/C23H22F2N4O2/c1-14(2)21(30)23(31)28-11-12-29-19(13-28)27-20(15-3-5-16(24)6-4-15)22(29)26-18-9-7-17(25)8-10-18/h3-10,26,30H,11-13H2,1-2H3. The summed E-state index contributed by atoms with van der Waals surface area (Å²) in [6, 6.07) is 11.9. The Morgan fingerprint density at radius 2 is 1.61 bits per heavy atom.